The van der Waals surface area contributed by atoms with Crippen molar-refractivity contribution in [2.24, 2.45) is 11.7 Å². The summed E-state index contributed by atoms with van der Waals surface area (Å²) in [4.78, 5) is 61.8. The number of likely N-dealkylation sites (tertiary alicyclic amines) is 1. The number of nitrogens with two attached hydrogens (primary N) is 1. The lowest BCUT2D eigenvalue weighted by molar-refractivity contribution is -0.150. The second-order valence-corrected chi connectivity index (χ2v) is 7.83. The van der Waals surface area contributed by atoms with E-state index in [9.17, 15) is 34.2 Å². The number of nitrogens with zero attached hydrogens (tertiary/aromatic N) is 1. The number of amides is 3. The van der Waals surface area contributed by atoms with Crippen LogP contribution >= 0.6 is 0 Å². The maximum absolute atomic E-state index is 13.1. The van der Waals surface area contributed by atoms with Crippen molar-refractivity contribution in [1.29, 1.82) is 0 Å². The summed E-state index contributed by atoms with van der Waals surface area (Å²) in [5.41, 5.74) is 5.53. The average molecular weight is 444 g/mol. The summed E-state index contributed by atoms with van der Waals surface area (Å²) in [6.45, 7) is 4.98. The van der Waals surface area contributed by atoms with Crippen LogP contribution in [-0.4, -0.2) is 86.7 Å². The molecule has 1 fully saturated rings. The largest absolute Gasteiger partial charge is 0.481 e. The van der Waals surface area contributed by atoms with Gasteiger partial charge in [-0.2, -0.15) is 0 Å². The highest BCUT2D eigenvalue weighted by atomic mass is 16.4. The molecule has 1 rings (SSSR count). The smallest absolute Gasteiger partial charge is 0.326 e. The molecule has 0 bridgehead atoms. The number of carbonyl (C=O) groups is 5. The summed E-state index contributed by atoms with van der Waals surface area (Å²) in [6.07, 6.45) is -0.709. The van der Waals surface area contributed by atoms with E-state index in [1.807, 2.05) is 0 Å². The van der Waals surface area contributed by atoms with E-state index in [0.717, 1.165) is 0 Å². The quantitative estimate of drug-likeness (QED) is 0.214. The highest BCUT2D eigenvalue weighted by Crippen LogP contribution is 2.21. The number of nitrogens with one attached hydrogen (secondary N) is 2. The van der Waals surface area contributed by atoms with Crippen molar-refractivity contribution in [1.82, 2.24) is 15.5 Å². The van der Waals surface area contributed by atoms with E-state index in [4.69, 9.17) is 10.8 Å². The van der Waals surface area contributed by atoms with Gasteiger partial charge in [0, 0.05) is 6.54 Å². The molecule has 7 N–H and O–H groups in total. The third kappa shape index (κ3) is 7.17. The Morgan fingerprint density at radius 2 is 1.71 bits per heavy atom. The van der Waals surface area contributed by atoms with E-state index in [1.54, 1.807) is 13.8 Å². The normalized spacial score (nSPS) is 20.8. The van der Waals surface area contributed by atoms with Gasteiger partial charge in [-0.15, -0.1) is 0 Å². The van der Waals surface area contributed by atoms with E-state index in [-0.39, 0.29) is 12.5 Å². The number of carboxylic acid groups (broad SMARTS) is 2. The Morgan fingerprint density at radius 3 is 2.19 bits per heavy atom. The van der Waals surface area contributed by atoms with Crippen LogP contribution in [0, 0.1) is 5.92 Å². The Balaban J connectivity index is 3.05. The van der Waals surface area contributed by atoms with Gasteiger partial charge in [-0.1, -0.05) is 20.3 Å². The zero-order chi connectivity index (χ0) is 23.9. The molecule has 0 aliphatic carbocycles. The summed E-state index contributed by atoms with van der Waals surface area (Å²) in [5.74, 6) is -5.31. The van der Waals surface area contributed by atoms with Gasteiger partial charge >= 0.3 is 11.9 Å². The SMILES string of the molecule is CCC(C)C(NC(=O)C(CC(=O)O)NC(=O)C(N)C(C)O)C(=O)N1CCCC1C(=O)O. The molecule has 0 radical (unpaired) electrons. The predicted molar refractivity (Wildman–Crippen MR) is 108 cm³/mol. The van der Waals surface area contributed by atoms with Crippen molar-refractivity contribution in [3.8, 4) is 0 Å². The second-order valence-electron chi connectivity index (χ2n) is 7.83. The fourth-order valence-corrected chi connectivity index (χ4v) is 3.27. The zero-order valence-electron chi connectivity index (χ0n) is 17.9. The van der Waals surface area contributed by atoms with Crippen LogP contribution < -0.4 is 16.4 Å². The van der Waals surface area contributed by atoms with E-state index in [2.05, 4.69) is 10.6 Å². The number of hydrogen-bond acceptors (Lipinski definition) is 7. The molecule has 176 valence electrons. The lowest BCUT2D eigenvalue weighted by Gasteiger charge is -2.31. The molecular weight excluding hydrogens is 412 g/mol. The molecule has 6 unspecified atom stereocenters. The van der Waals surface area contributed by atoms with Crippen molar-refractivity contribution in [2.75, 3.05) is 6.54 Å². The van der Waals surface area contributed by atoms with Crippen molar-refractivity contribution in [3.05, 3.63) is 0 Å². The first-order valence-electron chi connectivity index (χ1n) is 10.2. The van der Waals surface area contributed by atoms with E-state index in [0.29, 0.717) is 19.3 Å². The maximum atomic E-state index is 13.1. The topological polar surface area (TPSA) is 199 Å². The summed E-state index contributed by atoms with van der Waals surface area (Å²) in [5, 5.41) is 32.6. The van der Waals surface area contributed by atoms with Crippen LogP contribution in [-0.2, 0) is 24.0 Å². The molecule has 1 aliphatic rings. The average Bonchev–Trinajstić information content (AvgIpc) is 3.19. The Kier molecular flexibility index (Phi) is 9.85. The van der Waals surface area contributed by atoms with Crippen LogP contribution in [0.25, 0.3) is 0 Å². The molecular formula is C19H32N4O8. The van der Waals surface area contributed by atoms with Crippen molar-refractivity contribution < 1.29 is 39.3 Å². The number of aliphatic carboxylic acids is 2. The van der Waals surface area contributed by atoms with Crippen molar-refractivity contribution in [3.63, 3.8) is 0 Å². The Bertz CT molecular complexity index is 698. The predicted octanol–water partition coefficient (Wildman–Crippen LogP) is -1.74. The highest BCUT2D eigenvalue weighted by Gasteiger charge is 2.40. The van der Waals surface area contributed by atoms with E-state index < -0.39 is 66.4 Å². The third-order valence-electron chi connectivity index (χ3n) is 5.43. The summed E-state index contributed by atoms with van der Waals surface area (Å²) < 4.78 is 0. The first-order valence-corrected chi connectivity index (χ1v) is 10.2. The maximum Gasteiger partial charge on any atom is 0.326 e. The molecule has 31 heavy (non-hydrogen) atoms. The molecule has 0 spiro atoms. The van der Waals surface area contributed by atoms with Crippen LogP contribution in [0.5, 0.6) is 0 Å². The Hall–Kier alpha value is -2.73. The third-order valence-corrected chi connectivity index (χ3v) is 5.43. The van der Waals surface area contributed by atoms with Crippen LogP contribution in [0.3, 0.4) is 0 Å². The Morgan fingerprint density at radius 1 is 1.10 bits per heavy atom. The van der Waals surface area contributed by atoms with Crippen LogP contribution in [0.2, 0.25) is 0 Å². The lowest BCUT2D eigenvalue weighted by atomic mass is 9.96. The molecule has 0 aromatic heterocycles. The van der Waals surface area contributed by atoms with Gasteiger partial charge in [0.1, 0.15) is 24.2 Å². The fraction of sp³-hybridized carbons (Fsp3) is 0.737. The number of carboxylic acids is 2. The number of aliphatic hydroxyl groups excluding tert-OH is 1. The molecule has 0 aromatic rings. The van der Waals surface area contributed by atoms with Crippen LogP contribution in [0.1, 0.15) is 46.5 Å². The van der Waals surface area contributed by atoms with E-state index in [1.165, 1.54) is 11.8 Å². The molecule has 0 saturated carbocycles. The van der Waals surface area contributed by atoms with Gasteiger partial charge in [0.05, 0.1) is 12.5 Å². The van der Waals surface area contributed by atoms with Gasteiger partial charge < -0.3 is 36.6 Å². The number of aliphatic hydroxyl groups is 1. The molecule has 1 heterocycles. The summed E-state index contributed by atoms with van der Waals surface area (Å²) >= 11 is 0. The van der Waals surface area contributed by atoms with Gasteiger partial charge in [-0.05, 0) is 25.7 Å². The molecule has 1 aliphatic heterocycles. The minimum Gasteiger partial charge on any atom is -0.481 e. The van der Waals surface area contributed by atoms with Crippen molar-refractivity contribution in [2.45, 2.75) is 76.7 Å². The minimum absolute atomic E-state index is 0.233. The summed E-state index contributed by atoms with van der Waals surface area (Å²) in [7, 11) is 0. The molecule has 3 amide bonds. The number of hydrogen-bond donors (Lipinski definition) is 6. The number of carbonyl (C=O) groups excluding carboxylic acids is 3. The molecule has 12 nitrogen and oxygen atoms in total. The number of rotatable bonds is 11. The molecule has 1 saturated heterocycles. The first kappa shape index (κ1) is 26.3. The Labute approximate surface area is 180 Å². The molecule has 12 heteroatoms. The summed E-state index contributed by atoms with van der Waals surface area (Å²) in [6, 6.07) is -5.01. The van der Waals surface area contributed by atoms with E-state index >= 15 is 0 Å². The lowest BCUT2D eigenvalue weighted by Crippen LogP contribution is -2.59. The van der Waals surface area contributed by atoms with Gasteiger partial charge in [0.2, 0.25) is 17.7 Å². The minimum atomic E-state index is -1.54. The van der Waals surface area contributed by atoms with Crippen molar-refractivity contribution >= 4 is 29.7 Å². The monoisotopic (exact) mass is 444 g/mol. The van der Waals surface area contributed by atoms with Crippen LogP contribution in [0.4, 0.5) is 0 Å². The highest BCUT2D eigenvalue weighted by molar-refractivity contribution is 5.96. The zero-order valence-corrected chi connectivity index (χ0v) is 17.9. The van der Waals surface area contributed by atoms with Gasteiger partial charge in [-0.3, -0.25) is 19.2 Å². The molecule has 0 aromatic carbocycles. The first-order chi connectivity index (χ1) is 14.4. The van der Waals surface area contributed by atoms with Gasteiger partial charge in [-0.25, -0.2) is 4.79 Å². The second kappa shape index (κ2) is 11.6. The molecule has 6 atom stereocenters. The van der Waals surface area contributed by atoms with Gasteiger partial charge in [0.25, 0.3) is 0 Å². The fourth-order valence-electron chi connectivity index (χ4n) is 3.27. The van der Waals surface area contributed by atoms with Crippen LogP contribution in [0.15, 0.2) is 0 Å². The standard InChI is InChI=1S/C19H32N4O8/c1-4-9(2)15(18(29)23-7-5-6-12(23)19(30)31)22-16(27)11(8-13(25)26)21-17(28)14(20)10(3)24/h9-12,14-15,24H,4-8,20H2,1-3H3,(H,21,28)(H,22,27)(H,25,26)(H,30,31). The van der Waals surface area contributed by atoms with Gasteiger partial charge in [0.15, 0.2) is 0 Å².